The van der Waals surface area contributed by atoms with Gasteiger partial charge in [0, 0.05) is 29.6 Å². The molecule has 0 atom stereocenters. The van der Waals surface area contributed by atoms with Crippen LogP contribution in [-0.2, 0) is 17.8 Å². The minimum Gasteiger partial charge on any atom is -0.334 e. The van der Waals surface area contributed by atoms with E-state index in [9.17, 15) is 14.0 Å². The molecule has 2 aromatic carbocycles. The van der Waals surface area contributed by atoms with Crippen LogP contribution in [0.2, 0.25) is 0 Å². The lowest BCUT2D eigenvalue weighted by Gasteiger charge is -2.21. The topological polar surface area (TPSA) is 62.3 Å². The number of aromatic nitrogens is 1. The molecule has 1 heterocycles. The van der Waals surface area contributed by atoms with Gasteiger partial charge in [-0.25, -0.2) is 9.37 Å². The summed E-state index contributed by atoms with van der Waals surface area (Å²) < 4.78 is 13.9. The molecule has 0 aliphatic rings. The summed E-state index contributed by atoms with van der Waals surface area (Å²) in [6, 6.07) is 15.2. The van der Waals surface area contributed by atoms with Gasteiger partial charge < -0.3 is 4.90 Å². The van der Waals surface area contributed by atoms with E-state index in [2.05, 4.69) is 16.9 Å². The summed E-state index contributed by atoms with van der Waals surface area (Å²) in [5.74, 6) is -0.806. The lowest BCUT2D eigenvalue weighted by atomic mass is 10.2. The molecule has 0 aliphatic carbocycles. The van der Waals surface area contributed by atoms with E-state index < -0.39 is 0 Å². The maximum absolute atomic E-state index is 13.9. The zero-order valence-corrected chi connectivity index (χ0v) is 16.5. The van der Waals surface area contributed by atoms with E-state index in [0.29, 0.717) is 28.5 Å². The molecular weight excluding hydrogens is 389 g/mol. The fourth-order valence-corrected chi connectivity index (χ4v) is 3.42. The van der Waals surface area contributed by atoms with Crippen molar-refractivity contribution in [2.24, 2.45) is 0 Å². The molecule has 7 heteroatoms. The first-order chi connectivity index (χ1) is 14.1. The molecule has 0 spiro atoms. The third kappa shape index (κ3) is 5.58. The van der Waals surface area contributed by atoms with Crippen LogP contribution in [0.1, 0.15) is 21.6 Å². The van der Waals surface area contributed by atoms with Gasteiger partial charge in [0.15, 0.2) is 5.13 Å². The fourth-order valence-electron chi connectivity index (χ4n) is 2.71. The molecule has 0 aliphatic heterocycles. The first kappa shape index (κ1) is 20.4. The van der Waals surface area contributed by atoms with Crippen molar-refractivity contribution >= 4 is 28.3 Å². The summed E-state index contributed by atoms with van der Waals surface area (Å²) in [5, 5.41) is 4.88. The number of nitrogens with one attached hydrogen (secondary N) is 1. The summed E-state index contributed by atoms with van der Waals surface area (Å²) in [6.07, 6.45) is 1.66. The van der Waals surface area contributed by atoms with Crippen LogP contribution in [0.15, 0.2) is 72.6 Å². The number of halogens is 1. The van der Waals surface area contributed by atoms with Gasteiger partial charge in [-0.3, -0.25) is 14.9 Å². The van der Waals surface area contributed by atoms with Gasteiger partial charge in [-0.15, -0.1) is 17.9 Å². The van der Waals surface area contributed by atoms with Crippen molar-refractivity contribution in [3.05, 3.63) is 95.3 Å². The van der Waals surface area contributed by atoms with Crippen LogP contribution < -0.4 is 5.32 Å². The largest absolute Gasteiger partial charge is 0.334 e. The van der Waals surface area contributed by atoms with E-state index in [1.54, 1.807) is 53.9 Å². The van der Waals surface area contributed by atoms with Gasteiger partial charge in [-0.1, -0.05) is 42.5 Å². The van der Waals surface area contributed by atoms with Crippen LogP contribution in [0.3, 0.4) is 0 Å². The van der Waals surface area contributed by atoms with Crippen LogP contribution in [0.4, 0.5) is 9.52 Å². The molecule has 5 nitrogen and oxygen atoms in total. The summed E-state index contributed by atoms with van der Waals surface area (Å²) in [5.41, 5.74) is 1.52. The molecule has 0 saturated heterocycles. The number of thiazole rings is 1. The Balaban J connectivity index is 1.64. The average molecular weight is 409 g/mol. The number of nitrogens with zero attached hydrogens (tertiary/aromatic N) is 2. The minimum atomic E-state index is -0.353. The average Bonchev–Trinajstić information content (AvgIpc) is 3.16. The van der Waals surface area contributed by atoms with Crippen molar-refractivity contribution in [3.8, 4) is 0 Å². The third-order valence-corrected chi connectivity index (χ3v) is 4.97. The maximum atomic E-state index is 13.9. The highest BCUT2D eigenvalue weighted by Gasteiger charge is 2.17. The standard InChI is InChI=1S/C22H20FN3O2S/c1-2-12-26(14-17-10-6-7-11-19(17)23)20(27)13-18-15-29-22(24-18)25-21(28)16-8-4-3-5-9-16/h2-11,15H,1,12-14H2,(H,24,25,28). The number of anilines is 1. The van der Waals surface area contributed by atoms with Crippen LogP contribution in [0, 0.1) is 5.82 Å². The summed E-state index contributed by atoms with van der Waals surface area (Å²) >= 11 is 1.25. The quantitative estimate of drug-likeness (QED) is 0.565. The summed E-state index contributed by atoms with van der Waals surface area (Å²) in [4.78, 5) is 30.8. The zero-order valence-electron chi connectivity index (χ0n) is 15.7. The highest BCUT2D eigenvalue weighted by molar-refractivity contribution is 7.14. The van der Waals surface area contributed by atoms with Crippen molar-refractivity contribution in [3.63, 3.8) is 0 Å². The molecule has 3 rings (SSSR count). The Morgan fingerprint density at radius 1 is 1.14 bits per heavy atom. The number of benzene rings is 2. The monoisotopic (exact) mass is 409 g/mol. The number of hydrogen-bond donors (Lipinski definition) is 1. The SMILES string of the molecule is C=CCN(Cc1ccccc1F)C(=O)Cc1csc(NC(=O)c2ccccc2)n1. The lowest BCUT2D eigenvalue weighted by Crippen LogP contribution is -2.32. The van der Waals surface area contributed by atoms with Gasteiger partial charge in [0.05, 0.1) is 12.1 Å². The predicted octanol–water partition coefficient (Wildman–Crippen LogP) is 4.29. The van der Waals surface area contributed by atoms with Gasteiger partial charge in [0.25, 0.3) is 5.91 Å². The van der Waals surface area contributed by atoms with E-state index >= 15 is 0 Å². The van der Waals surface area contributed by atoms with E-state index in [4.69, 9.17) is 0 Å². The Labute approximate surface area is 172 Å². The zero-order chi connectivity index (χ0) is 20.6. The van der Waals surface area contributed by atoms with E-state index in [1.807, 2.05) is 6.07 Å². The Bertz CT molecular complexity index is 1000. The van der Waals surface area contributed by atoms with Gasteiger partial charge >= 0.3 is 0 Å². The molecule has 0 saturated carbocycles. The Kier molecular flexibility index (Phi) is 6.86. The smallest absolute Gasteiger partial charge is 0.257 e. The molecular formula is C22H20FN3O2S. The summed E-state index contributed by atoms with van der Waals surface area (Å²) in [6.45, 7) is 4.12. The Morgan fingerprint density at radius 3 is 2.59 bits per heavy atom. The van der Waals surface area contributed by atoms with Crippen molar-refractivity contribution in [1.82, 2.24) is 9.88 Å². The molecule has 3 aromatic rings. The van der Waals surface area contributed by atoms with Gasteiger partial charge in [-0.05, 0) is 18.2 Å². The maximum Gasteiger partial charge on any atom is 0.257 e. The molecule has 1 N–H and O–H groups in total. The minimum absolute atomic E-state index is 0.0556. The number of hydrogen-bond acceptors (Lipinski definition) is 4. The molecule has 0 bridgehead atoms. The first-order valence-corrected chi connectivity index (χ1v) is 9.87. The van der Waals surface area contributed by atoms with Crippen LogP contribution in [0.5, 0.6) is 0 Å². The van der Waals surface area contributed by atoms with Crippen LogP contribution in [0.25, 0.3) is 0 Å². The van der Waals surface area contributed by atoms with Crippen LogP contribution >= 0.6 is 11.3 Å². The Hall–Kier alpha value is -3.32. The molecule has 29 heavy (non-hydrogen) atoms. The molecule has 2 amide bonds. The Morgan fingerprint density at radius 2 is 1.86 bits per heavy atom. The van der Waals surface area contributed by atoms with Crippen molar-refractivity contribution in [1.29, 1.82) is 0 Å². The van der Waals surface area contributed by atoms with Crippen molar-refractivity contribution in [2.45, 2.75) is 13.0 Å². The highest BCUT2D eigenvalue weighted by Crippen LogP contribution is 2.18. The van der Waals surface area contributed by atoms with Gasteiger partial charge in [0.2, 0.25) is 5.91 Å². The second-order valence-corrected chi connectivity index (χ2v) is 7.15. The molecule has 0 radical (unpaired) electrons. The molecule has 1 aromatic heterocycles. The van der Waals surface area contributed by atoms with Crippen molar-refractivity contribution < 1.29 is 14.0 Å². The highest BCUT2D eigenvalue weighted by atomic mass is 32.1. The molecule has 0 unspecified atom stereocenters. The van der Waals surface area contributed by atoms with E-state index in [1.165, 1.54) is 22.3 Å². The molecule has 148 valence electrons. The predicted molar refractivity (Wildman–Crippen MR) is 112 cm³/mol. The fraction of sp³-hybridized carbons (Fsp3) is 0.136. The first-order valence-electron chi connectivity index (χ1n) is 8.99. The van der Waals surface area contributed by atoms with Gasteiger partial charge in [0.1, 0.15) is 5.82 Å². The van der Waals surface area contributed by atoms with Gasteiger partial charge in [-0.2, -0.15) is 0 Å². The third-order valence-electron chi connectivity index (χ3n) is 4.16. The summed E-state index contributed by atoms with van der Waals surface area (Å²) in [7, 11) is 0. The molecule has 0 fully saturated rings. The lowest BCUT2D eigenvalue weighted by molar-refractivity contribution is -0.130. The number of carbonyl (C=O) groups is 2. The van der Waals surface area contributed by atoms with Crippen molar-refractivity contribution in [2.75, 3.05) is 11.9 Å². The van der Waals surface area contributed by atoms with E-state index in [-0.39, 0.29) is 30.6 Å². The second-order valence-electron chi connectivity index (χ2n) is 6.30. The normalized spacial score (nSPS) is 10.4. The van der Waals surface area contributed by atoms with Crippen LogP contribution in [-0.4, -0.2) is 28.2 Å². The number of rotatable bonds is 8. The number of amides is 2. The second kappa shape index (κ2) is 9.75. The number of carbonyl (C=O) groups excluding carboxylic acids is 2. The van der Waals surface area contributed by atoms with E-state index in [0.717, 1.165) is 0 Å².